The zero-order valence-electron chi connectivity index (χ0n) is 15.2. The molecular formula is C24H19ClOS2. The molecule has 3 aromatic carbocycles. The average Bonchev–Trinajstić information content (AvgIpc) is 3.15. The lowest BCUT2D eigenvalue weighted by molar-refractivity contribution is 0.578. The highest BCUT2D eigenvalue weighted by Gasteiger charge is 2.16. The van der Waals surface area contributed by atoms with E-state index in [0.717, 1.165) is 27.9 Å². The highest BCUT2D eigenvalue weighted by molar-refractivity contribution is 7.99. The Morgan fingerprint density at radius 3 is 1.86 bits per heavy atom. The predicted octanol–water partition coefficient (Wildman–Crippen LogP) is 8.18. The Morgan fingerprint density at radius 2 is 1.25 bits per heavy atom. The monoisotopic (exact) mass is 422 g/mol. The Kier molecular flexibility index (Phi) is 6.48. The Balaban J connectivity index is 1.60. The van der Waals surface area contributed by atoms with Gasteiger partial charge in [0.1, 0.15) is 5.76 Å². The van der Waals surface area contributed by atoms with E-state index in [0.29, 0.717) is 0 Å². The van der Waals surface area contributed by atoms with Crippen LogP contribution >= 0.6 is 35.1 Å². The van der Waals surface area contributed by atoms with Crippen molar-refractivity contribution in [3.63, 3.8) is 0 Å². The van der Waals surface area contributed by atoms with Gasteiger partial charge >= 0.3 is 0 Å². The SMILES string of the molecule is Clc1ccc(-c2occ(CSc3ccccc3)c2CSc2ccccc2)cc1. The molecule has 0 bridgehead atoms. The molecule has 4 rings (SSSR count). The van der Waals surface area contributed by atoms with Gasteiger partial charge in [0.2, 0.25) is 0 Å². The van der Waals surface area contributed by atoms with E-state index in [4.69, 9.17) is 16.0 Å². The lowest BCUT2D eigenvalue weighted by Crippen LogP contribution is -1.89. The molecule has 0 radical (unpaired) electrons. The number of thioether (sulfide) groups is 2. The summed E-state index contributed by atoms with van der Waals surface area (Å²) in [6, 6.07) is 28.8. The second-order valence-corrected chi connectivity index (χ2v) is 8.81. The molecule has 0 atom stereocenters. The van der Waals surface area contributed by atoms with E-state index in [1.54, 1.807) is 0 Å². The smallest absolute Gasteiger partial charge is 0.138 e. The van der Waals surface area contributed by atoms with Crippen molar-refractivity contribution in [3.8, 4) is 11.3 Å². The Morgan fingerprint density at radius 1 is 0.679 bits per heavy atom. The number of rotatable bonds is 7. The molecular weight excluding hydrogens is 404 g/mol. The van der Waals surface area contributed by atoms with Crippen molar-refractivity contribution in [2.75, 3.05) is 0 Å². The fourth-order valence-electron chi connectivity index (χ4n) is 2.89. The third kappa shape index (κ3) is 4.85. The molecule has 0 unspecified atom stereocenters. The van der Waals surface area contributed by atoms with Crippen LogP contribution in [0.15, 0.2) is 105 Å². The highest BCUT2D eigenvalue weighted by atomic mass is 35.5. The van der Waals surface area contributed by atoms with Gasteiger partial charge in [-0.1, -0.05) is 48.0 Å². The lowest BCUT2D eigenvalue weighted by atomic mass is 10.1. The molecule has 1 heterocycles. The lowest BCUT2D eigenvalue weighted by Gasteiger charge is -2.07. The zero-order valence-corrected chi connectivity index (χ0v) is 17.6. The summed E-state index contributed by atoms with van der Waals surface area (Å²) in [6.07, 6.45) is 1.90. The maximum atomic E-state index is 6.06. The van der Waals surface area contributed by atoms with E-state index in [-0.39, 0.29) is 0 Å². The number of hydrogen-bond acceptors (Lipinski definition) is 3. The van der Waals surface area contributed by atoms with Crippen LogP contribution in [0.2, 0.25) is 5.02 Å². The van der Waals surface area contributed by atoms with E-state index in [2.05, 4.69) is 48.5 Å². The van der Waals surface area contributed by atoms with Crippen molar-refractivity contribution in [1.29, 1.82) is 0 Å². The molecule has 0 aliphatic heterocycles. The van der Waals surface area contributed by atoms with Crippen molar-refractivity contribution >= 4 is 35.1 Å². The van der Waals surface area contributed by atoms with Crippen molar-refractivity contribution in [2.45, 2.75) is 21.3 Å². The van der Waals surface area contributed by atoms with Crippen LogP contribution in [0.5, 0.6) is 0 Å². The third-order valence-electron chi connectivity index (χ3n) is 4.35. The number of benzene rings is 3. The quantitative estimate of drug-likeness (QED) is 0.278. The average molecular weight is 423 g/mol. The minimum atomic E-state index is 0.732. The topological polar surface area (TPSA) is 13.1 Å². The molecule has 28 heavy (non-hydrogen) atoms. The molecule has 0 spiro atoms. The van der Waals surface area contributed by atoms with Crippen molar-refractivity contribution in [3.05, 3.63) is 107 Å². The van der Waals surface area contributed by atoms with Crippen LogP contribution in [0.25, 0.3) is 11.3 Å². The van der Waals surface area contributed by atoms with E-state index in [1.165, 1.54) is 20.9 Å². The first-order chi connectivity index (χ1) is 13.8. The van der Waals surface area contributed by atoms with Crippen LogP contribution in [0.4, 0.5) is 0 Å². The Hall–Kier alpha value is -2.07. The summed E-state index contributed by atoms with van der Waals surface area (Å²) in [6.45, 7) is 0. The van der Waals surface area contributed by atoms with Gasteiger partial charge in [0.25, 0.3) is 0 Å². The summed E-state index contributed by atoms with van der Waals surface area (Å²) in [5, 5.41) is 0.732. The molecule has 4 heteroatoms. The normalized spacial score (nSPS) is 10.9. The predicted molar refractivity (Wildman–Crippen MR) is 121 cm³/mol. The van der Waals surface area contributed by atoms with E-state index in [9.17, 15) is 0 Å². The van der Waals surface area contributed by atoms with E-state index < -0.39 is 0 Å². The number of halogens is 1. The van der Waals surface area contributed by atoms with Crippen molar-refractivity contribution in [1.82, 2.24) is 0 Å². The second kappa shape index (κ2) is 9.42. The molecule has 0 saturated heterocycles. The number of hydrogen-bond donors (Lipinski definition) is 0. The maximum Gasteiger partial charge on any atom is 0.138 e. The minimum absolute atomic E-state index is 0.732. The summed E-state index contributed by atoms with van der Waals surface area (Å²) in [4.78, 5) is 2.52. The molecule has 0 N–H and O–H groups in total. The first kappa shape index (κ1) is 19.3. The fourth-order valence-corrected chi connectivity index (χ4v) is 4.91. The molecule has 1 nitrogen and oxygen atoms in total. The summed E-state index contributed by atoms with van der Waals surface area (Å²) in [5.74, 6) is 2.68. The first-order valence-electron chi connectivity index (χ1n) is 9.00. The molecule has 0 aliphatic rings. The molecule has 0 fully saturated rings. The highest BCUT2D eigenvalue weighted by Crippen LogP contribution is 2.36. The Labute approximate surface area is 179 Å². The van der Waals surface area contributed by atoms with Gasteiger partial charge in [-0.2, -0.15) is 0 Å². The molecule has 140 valence electrons. The van der Waals surface area contributed by atoms with Gasteiger partial charge in [0.05, 0.1) is 6.26 Å². The van der Waals surface area contributed by atoms with Crippen molar-refractivity contribution < 1.29 is 4.42 Å². The van der Waals surface area contributed by atoms with E-state index >= 15 is 0 Å². The maximum absolute atomic E-state index is 6.06. The van der Waals surface area contributed by atoms with Crippen LogP contribution in [-0.2, 0) is 11.5 Å². The molecule has 0 amide bonds. The number of furan rings is 1. The summed E-state index contributed by atoms with van der Waals surface area (Å²) >= 11 is 9.73. The molecule has 0 aliphatic carbocycles. The van der Waals surface area contributed by atoms with Gasteiger partial charge in [-0.3, -0.25) is 0 Å². The van der Waals surface area contributed by atoms with Crippen LogP contribution < -0.4 is 0 Å². The van der Waals surface area contributed by atoms with Crippen LogP contribution in [0, 0.1) is 0 Å². The van der Waals surface area contributed by atoms with Crippen molar-refractivity contribution in [2.24, 2.45) is 0 Å². The van der Waals surface area contributed by atoms with Crippen LogP contribution in [0.1, 0.15) is 11.1 Å². The van der Waals surface area contributed by atoms with Gasteiger partial charge in [0.15, 0.2) is 0 Å². The molecule has 4 aromatic rings. The fraction of sp³-hybridized carbons (Fsp3) is 0.0833. The molecule has 1 aromatic heterocycles. The van der Waals surface area contributed by atoms with Gasteiger partial charge in [0, 0.05) is 43.0 Å². The van der Waals surface area contributed by atoms with Crippen LogP contribution in [0.3, 0.4) is 0 Å². The summed E-state index contributed by atoms with van der Waals surface area (Å²) in [7, 11) is 0. The summed E-state index contributed by atoms with van der Waals surface area (Å²) < 4.78 is 6.03. The van der Waals surface area contributed by atoms with Gasteiger partial charge in [-0.15, -0.1) is 23.5 Å². The van der Waals surface area contributed by atoms with Gasteiger partial charge in [-0.05, 0) is 48.5 Å². The minimum Gasteiger partial charge on any atom is -0.464 e. The summed E-state index contributed by atoms with van der Waals surface area (Å²) in [5.41, 5.74) is 3.55. The second-order valence-electron chi connectivity index (χ2n) is 6.28. The van der Waals surface area contributed by atoms with E-state index in [1.807, 2.05) is 66.2 Å². The van der Waals surface area contributed by atoms with Crippen LogP contribution in [-0.4, -0.2) is 0 Å². The first-order valence-corrected chi connectivity index (χ1v) is 11.4. The van der Waals surface area contributed by atoms with Gasteiger partial charge < -0.3 is 4.42 Å². The standard InChI is InChI=1S/C24H19ClOS2/c25-20-13-11-18(12-14-20)24-23(17-28-22-9-5-2-6-10-22)19(15-26-24)16-27-21-7-3-1-4-8-21/h1-15H,16-17H2. The Bertz CT molecular complexity index is 1010. The zero-order chi connectivity index (χ0) is 19.2. The largest absolute Gasteiger partial charge is 0.464 e. The molecule has 0 saturated carbocycles. The third-order valence-corrected chi connectivity index (χ3v) is 6.70. The van der Waals surface area contributed by atoms with Gasteiger partial charge in [-0.25, -0.2) is 0 Å².